The monoisotopic (exact) mass is 520 g/mol. The molecule has 178 valence electrons. The predicted molar refractivity (Wildman–Crippen MR) is 135 cm³/mol. The van der Waals surface area contributed by atoms with Crippen LogP contribution in [-0.2, 0) is 6.54 Å². The van der Waals surface area contributed by atoms with E-state index in [9.17, 15) is 4.79 Å². The molecular weight excluding hydrogens is 487 g/mol. The normalized spacial score (nSPS) is 27.3. The van der Waals surface area contributed by atoms with Crippen LogP contribution in [-0.4, -0.2) is 55.7 Å². The van der Waals surface area contributed by atoms with E-state index in [0.717, 1.165) is 45.7 Å². The molecule has 3 aromatic heterocycles. The Morgan fingerprint density at radius 2 is 1.88 bits per heavy atom. The number of aromatic nitrogens is 4. The number of pyridine rings is 1. The molecule has 1 N–H and O–H groups in total. The van der Waals surface area contributed by atoms with Crippen molar-refractivity contribution in [2.24, 2.45) is 23.2 Å². The van der Waals surface area contributed by atoms with Crippen molar-refractivity contribution in [2.45, 2.75) is 52.0 Å². The Kier molecular flexibility index (Phi) is 5.44. The summed E-state index contributed by atoms with van der Waals surface area (Å²) in [5.41, 5.74) is 3.75. The first-order chi connectivity index (χ1) is 16.4. The van der Waals surface area contributed by atoms with Crippen LogP contribution < -0.4 is 14.7 Å². The number of aryl methyl sites for hydroxylation is 1. The summed E-state index contributed by atoms with van der Waals surface area (Å²) < 4.78 is 2.96. The van der Waals surface area contributed by atoms with Crippen LogP contribution in [0.15, 0.2) is 30.6 Å². The summed E-state index contributed by atoms with van der Waals surface area (Å²) >= 11 is 1.50. The number of nitrogens with zero attached hydrogens (tertiary/aromatic N) is 5. The second-order valence-corrected chi connectivity index (χ2v) is 12.2. The zero-order valence-electron chi connectivity index (χ0n) is 20.0. The average Bonchev–Trinajstić information content (AvgIpc) is 3.21. The Morgan fingerprint density at radius 3 is 2.56 bits per heavy atom. The van der Waals surface area contributed by atoms with Gasteiger partial charge < -0.3 is 0 Å². The summed E-state index contributed by atoms with van der Waals surface area (Å²) in [6.45, 7) is 3.41. The van der Waals surface area contributed by atoms with Crippen molar-refractivity contribution in [1.29, 1.82) is 0 Å². The van der Waals surface area contributed by atoms with Gasteiger partial charge in [0.15, 0.2) is 0 Å². The third-order valence-electron chi connectivity index (χ3n) is 8.30. The van der Waals surface area contributed by atoms with Crippen LogP contribution in [0.5, 0.6) is 0 Å². The van der Waals surface area contributed by atoms with Crippen LogP contribution in [0.2, 0.25) is 0 Å². The number of fused-ring (bicyclic) bond motifs is 1. The van der Waals surface area contributed by atoms with Gasteiger partial charge in [-0.15, -0.1) is 0 Å². The third-order valence-corrected chi connectivity index (χ3v) is 9.53. The topological polar surface area (TPSA) is 75.4 Å². The van der Waals surface area contributed by atoms with Crippen LogP contribution in [0.4, 0.5) is 5.95 Å². The van der Waals surface area contributed by atoms with Gasteiger partial charge in [0.1, 0.15) is 0 Å². The number of amides is 1. The fraction of sp³-hybridized carbons (Fsp3) is 0.538. The maximum absolute atomic E-state index is 13.3. The van der Waals surface area contributed by atoms with Crippen molar-refractivity contribution < 1.29 is 4.79 Å². The van der Waals surface area contributed by atoms with Crippen LogP contribution in [0, 0.1) is 30.1 Å². The molecule has 7 nitrogen and oxygen atoms in total. The number of rotatable bonds is 6. The molecule has 1 unspecified atom stereocenters. The molecule has 4 bridgehead atoms. The summed E-state index contributed by atoms with van der Waals surface area (Å²) in [7, 11) is 1.97. The molecule has 0 aliphatic heterocycles. The van der Waals surface area contributed by atoms with E-state index in [1.807, 2.05) is 53.9 Å². The zero-order valence-corrected chi connectivity index (χ0v) is 22.4. The summed E-state index contributed by atoms with van der Waals surface area (Å²) in [5.74, 6) is 3.36. The van der Waals surface area contributed by atoms with E-state index in [4.69, 9.17) is 4.98 Å². The van der Waals surface area contributed by atoms with E-state index in [1.165, 1.54) is 55.4 Å². The number of carbonyl (C=O) groups excluding carboxylic acids is 1. The van der Waals surface area contributed by atoms with Gasteiger partial charge >= 0.3 is 148 Å². The number of hydrogen-bond acceptors (Lipinski definition) is 5. The zero-order chi connectivity index (χ0) is 23.4. The maximum atomic E-state index is 13.3. The van der Waals surface area contributed by atoms with Crippen LogP contribution >= 0.6 is 0 Å². The van der Waals surface area contributed by atoms with E-state index in [-0.39, 0.29) is 5.91 Å². The number of nitrogens with one attached hydrogen (secondary N) is 1. The summed E-state index contributed by atoms with van der Waals surface area (Å²) in [5, 5.41) is 3.32. The molecule has 3 heterocycles. The Labute approximate surface area is 209 Å². The van der Waals surface area contributed by atoms with Crippen molar-refractivity contribution in [3.8, 4) is 0 Å². The summed E-state index contributed by atoms with van der Waals surface area (Å²) in [4.78, 5) is 29.1. The van der Waals surface area contributed by atoms with Gasteiger partial charge in [0.25, 0.3) is 0 Å². The van der Waals surface area contributed by atoms with E-state index in [0.29, 0.717) is 23.6 Å². The Balaban J connectivity index is 1.18. The third kappa shape index (κ3) is 4.02. The minimum absolute atomic E-state index is 0.00151. The van der Waals surface area contributed by atoms with Gasteiger partial charge in [-0.3, -0.25) is 0 Å². The molecule has 0 spiro atoms. The van der Waals surface area contributed by atoms with Crippen LogP contribution in [0.1, 0.15) is 60.3 Å². The first-order valence-electron chi connectivity index (χ1n) is 12.4. The Bertz CT molecular complexity index is 1220. The molecule has 8 heteroatoms. The summed E-state index contributed by atoms with van der Waals surface area (Å²) in [6.07, 6.45) is 12.0. The second-order valence-electron chi connectivity index (χ2n) is 11.1. The standard InChI is InChI=1S/C26H33AsN6O/c1-16-12-28-25(31-23(16)27)32(2)13-20-14-33-21(4-3-5-22(33)30-20)24(34)29-15-26-9-17-6-18(10-26)8-19(7-17)11-26/h3-5,12,14,17-19H,6-11,13,15,27H2,1-2H3,(H,29,34). The van der Waals surface area contributed by atoms with E-state index in [2.05, 4.69) is 15.3 Å². The Hall–Kier alpha value is -2.40. The first-order valence-corrected chi connectivity index (χ1v) is 13.6. The fourth-order valence-electron chi connectivity index (χ4n) is 7.13. The molecule has 4 fully saturated rings. The van der Waals surface area contributed by atoms with Crippen LogP contribution in [0.3, 0.4) is 0 Å². The van der Waals surface area contributed by atoms with Gasteiger partial charge in [0, 0.05) is 0 Å². The number of imidazole rings is 1. The number of hydrogen-bond donors (Lipinski definition) is 1. The van der Waals surface area contributed by atoms with Gasteiger partial charge in [-0.25, -0.2) is 0 Å². The number of carbonyl (C=O) groups is 1. The van der Waals surface area contributed by atoms with Crippen molar-refractivity contribution in [2.75, 3.05) is 18.5 Å². The minimum atomic E-state index is -0.00151. The van der Waals surface area contributed by atoms with Crippen molar-refractivity contribution in [1.82, 2.24) is 24.7 Å². The molecule has 34 heavy (non-hydrogen) atoms. The quantitative estimate of drug-likeness (QED) is 0.505. The molecule has 4 aliphatic carbocycles. The molecule has 0 aromatic carbocycles. The van der Waals surface area contributed by atoms with Crippen molar-refractivity contribution in [3.63, 3.8) is 0 Å². The van der Waals surface area contributed by atoms with Crippen molar-refractivity contribution in [3.05, 3.63) is 47.5 Å². The van der Waals surface area contributed by atoms with Crippen LogP contribution in [0.25, 0.3) is 5.65 Å². The first kappa shape index (κ1) is 22.1. The molecule has 0 radical (unpaired) electrons. The van der Waals surface area contributed by atoms with Crippen molar-refractivity contribution >= 4 is 38.8 Å². The van der Waals surface area contributed by atoms with E-state index < -0.39 is 0 Å². The van der Waals surface area contributed by atoms with Gasteiger partial charge in [0.05, 0.1) is 0 Å². The molecule has 4 aliphatic rings. The molecule has 1 amide bonds. The SMILES string of the molecule is Cc1cnc(N(C)Cc2cn3c(C(=O)NCC45CC6CC(CC(C6)C4)C5)cccc3n2)nc1[AsH2]. The molecule has 3 aromatic rings. The average molecular weight is 521 g/mol. The van der Waals surface area contributed by atoms with E-state index >= 15 is 0 Å². The second kappa shape index (κ2) is 8.37. The van der Waals surface area contributed by atoms with Gasteiger partial charge in [-0.05, 0) is 61.7 Å². The van der Waals surface area contributed by atoms with Gasteiger partial charge in [0.2, 0.25) is 0 Å². The summed E-state index contributed by atoms with van der Waals surface area (Å²) in [6, 6.07) is 5.77. The van der Waals surface area contributed by atoms with Gasteiger partial charge in [-0.1, -0.05) is 0 Å². The molecule has 7 rings (SSSR count). The predicted octanol–water partition coefficient (Wildman–Crippen LogP) is 2.27. The molecule has 0 saturated heterocycles. The van der Waals surface area contributed by atoms with E-state index in [1.54, 1.807) is 0 Å². The number of anilines is 1. The van der Waals surface area contributed by atoms with Gasteiger partial charge in [-0.2, -0.15) is 0 Å². The Morgan fingerprint density at radius 1 is 1.18 bits per heavy atom. The fourth-order valence-corrected chi connectivity index (χ4v) is 7.53. The molecular formula is C26H33AsN6O. The molecule has 1 atom stereocenters. The molecule has 4 saturated carbocycles.